The predicted molar refractivity (Wildman–Crippen MR) is 60.7 cm³/mol. The number of carbonyl (C=O) groups is 3. The Kier molecular flexibility index (Phi) is 5.76. The molecule has 0 aliphatic heterocycles. The molecule has 0 aliphatic carbocycles. The SMILES string of the molecule is CC(C(=O)N[C@@H](CCC(=O)O)C(=O)O)S(C)(=O)=O. The summed E-state index contributed by atoms with van der Waals surface area (Å²) in [5.41, 5.74) is 0. The van der Waals surface area contributed by atoms with E-state index in [2.05, 4.69) is 0 Å². The molecule has 0 saturated carbocycles. The minimum Gasteiger partial charge on any atom is -0.481 e. The molecule has 1 unspecified atom stereocenters. The molecule has 0 heterocycles. The summed E-state index contributed by atoms with van der Waals surface area (Å²) in [5, 5.41) is 17.8. The van der Waals surface area contributed by atoms with Gasteiger partial charge in [-0.2, -0.15) is 0 Å². The van der Waals surface area contributed by atoms with E-state index in [-0.39, 0.29) is 6.42 Å². The molecule has 0 aromatic heterocycles. The maximum atomic E-state index is 11.4. The number of carbonyl (C=O) groups excluding carboxylic acids is 1. The fourth-order valence-electron chi connectivity index (χ4n) is 1.01. The van der Waals surface area contributed by atoms with E-state index < -0.39 is 45.4 Å². The Morgan fingerprint density at radius 1 is 1.22 bits per heavy atom. The zero-order valence-corrected chi connectivity index (χ0v) is 10.7. The highest BCUT2D eigenvalue weighted by atomic mass is 32.2. The second-order valence-corrected chi connectivity index (χ2v) is 6.17. The van der Waals surface area contributed by atoms with E-state index in [0.717, 1.165) is 13.2 Å². The van der Waals surface area contributed by atoms with Crippen molar-refractivity contribution in [3.8, 4) is 0 Å². The van der Waals surface area contributed by atoms with Crippen molar-refractivity contribution in [1.82, 2.24) is 5.32 Å². The van der Waals surface area contributed by atoms with Crippen molar-refractivity contribution in [2.45, 2.75) is 31.1 Å². The zero-order chi connectivity index (χ0) is 14.5. The molecular weight excluding hydrogens is 266 g/mol. The molecule has 0 spiro atoms. The first kappa shape index (κ1) is 16.4. The second kappa shape index (κ2) is 6.34. The van der Waals surface area contributed by atoms with Crippen LogP contribution in [0, 0.1) is 0 Å². The van der Waals surface area contributed by atoms with Gasteiger partial charge in [-0.15, -0.1) is 0 Å². The van der Waals surface area contributed by atoms with Crippen LogP contribution in [0.25, 0.3) is 0 Å². The molecule has 3 N–H and O–H groups in total. The third-order valence-electron chi connectivity index (χ3n) is 2.27. The number of aliphatic carboxylic acids is 2. The molecule has 104 valence electrons. The van der Waals surface area contributed by atoms with Crippen LogP contribution in [-0.4, -0.2) is 54.0 Å². The summed E-state index contributed by atoms with van der Waals surface area (Å²) in [6.07, 6.45) is 0.0989. The molecule has 0 rings (SSSR count). The number of carboxylic acid groups (broad SMARTS) is 2. The molecule has 9 heteroatoms. The number of hydrogen-bond donors (Lipinski definition) is 3. The first-order chi connectivity index (χ1) is 8.05. The van der Waals surface area contributed by atoms with Gasteiger partial charge in [-0.05, 0) is 13.3 Å². The van der Waals surface area contributed by atoms with Crippen LogP contribution in [0.3, 0.4) is 0 Å². The third-order valence-corrected chi connectivity index (χ3v) is 3.77. The lowest BCUT2D eigenvalue weighted by molar-refractivity contribution is -0.143. The fourth-order valence-corrected chi connectivity index (χ4v) is 1.47. The summed E-state index contributed by atoms with van der Waals surface area (Å²) in [6.45, 7) is 1.13. The summed E-state index contributed by atoms with van der Waals surface area (Å²) < 4.78 is 22.2. The normalized spacial score (nSPS) is 14.6. The van der Waals surface area contributed by atoms with Gasteiger partial charge in [-0.1, -0.05) is 0 Å². The first-order valence-corrected chi connectivity index (χ1v) is 6.95. The molecule has 2 atom stereocenters. The van der Waals surface area contributed by atoms with E-state index in [1.807, 2.05) is 5.32 Å². The van der Waals surface area contributed by atoms with Crippen LogP contribution < -0.4 is 5.32 Å². The van der Waals surface area contributed by atoms with E-state index in [4.69, 9.17) is 10.2 Å². The molecular formula is C9H15NO7S. The van der Waals surface area contributed by atoms with Crippen molar-refractivity contribution in [3.63, 3.8) is 0 Å². The van der Waals surface area contributed by atoms with Crippen LogP contribution in [-0.2, 0) is 24.2 Å². The first-order valence-electron chi connectivity index (χ1n) is 4.99. The van der Waals surface area contributed by atoms with Crippen molar-refractivity contribution in [3.05, 3.63) is 0 Å². The maximum Gasteiger partial charge on any atom is 0.326 e. The van der Waals surface area contributed by atoms with E-state index in [1.165, 1.54) is 0 Å². The summed E-state index contributed by atoms with van der Waals surface area (Å²) >= 11 is 0. The van der Waals surface area contributed by atoms with Gasteiger partial charge >= 0.3 is 11.9 Å². The lowest BCUT2D eigenvalue weighted by Crippen LogP contribution is -2.46. The number of sulfone groups is 1. The van der Waals surface area contributed by atoms with Crippen molar-refractivity contribution >= 4 is 27.7 Å². The van der Waals surface area contributed by atoms with Gasteiger partial charge in [0.2, 0.25) is 5.91 Å². The number of nitrogens with one attached hydrogen (secondary N) is 1. The Hall–Kier alpha value is -1.64. The van der Waals surface area contributed by atoms with Crippen molar-refractivity contribution in [2.75, 3.05) is 6.26 Å². The molecule has 8 nitrogen and oxygen atoms in total. The molecule has 0 radical (unpaired) electrons. The lowest BCUT2D eigenvalue weighted by Gasteiger charge is -2.16. The summed E-state index contributed by atoms with van der Waals surface area (Å²) in [7, 11) is -3.63. The smallest absolute Gasteiger partial charge is 0.326 e. The van der Waals surface area contributed by atoms with Gasteiger partial charge in [0, 0.05) is 12.7 Å². The Bertz CT molecular complexity index is 442. The van der Waals surface area contributed by atoms with E-state index >= 15 is 0 Å². The van der Waals surface area contributed by atoms with Gasteiger partial charge in [-0.25, -0.2) is 13.2 Å². The quantitative estimate of drug-likeness (QED) is 0.535. The molecule has 18 heavy (non-hydrogen) atoms. The van der Waals surface area contributed by atoms with Gasteiger partial charge in [-0.3, -0.25) is 9.59 Å². The van der Waals surface area contributed by atoms with E-state index in [0.29, 0.717) is 0 Å². The van der Waals surface area contributed by atoms with Crippen molar-refractivity contribution < 1.29 is 33.0 Å². The Labute approximate surface area is 104 Å². The summed E-state index contributed by atoms with van der Waals surface area (Å²) in [4.78, 5) is 32.5. The van der Waals surface area contributed by atoms with Crippen LogP contribution in [0.15, 0.2) is 0 Å². The van der Waals surface area contributed by atoms with Crippen LogP contribution in [0.5, 0.6) is 0 Å². The van der Waals surface area contributed by atoms with Gasteiger partial charge < -0.3 is 15.5 Å². The van der Waals surface area contributed by atoms with Gasteiger partial charge in [0.25, 0.3) is 0 Å². The molecule has 0 aromatic rings. The van der Waals surface area contributed by atoms with Gasteiger partial charge in [0.15, 0.2) is 9.84 Å². The van der Waals surface area contributed by atoms with Crippen LogP contribution in [0.4, 0.5) is 0 Å². The lowest BCUT2D eigenvalue weighted by atomic mass is 10.1. The summed E-state index contributed by atoms with van der Waals surface area (Å²) in [5.74, 6) is -3.58. The minimum absolute atomic E-state index is 0.313. The van der Waals surface area contributed by atoms with Crippen LogP contribution in [0.2, 0.25) is 0 Å². The topological polar surface area (TPSA) is 138 Å². The second-order valence-electron chi connectivity index (χ2n) is 3.80. The number of rotatable bonds is 7. The average molecular weight is 281 g/mol. The molecule has 0 fully saturated rings. The van der Waals surface area contributed by atoms with Crippen molar-refractivity contribution in [2.24, 2.45) is 0 Å². The third kappa shape index (κ3) is 5.62. The number of hydrogen-bond acceptors (Lipinski definition) is 5. The van der Waals surface area contributed by atoms with Gasteiger partial charge in [0.1, 0.15) is 11.3 Å². The highest BCUT2D eigenvalue weighted by Crippen LogP contribution is 2.02. The Morgan fingerprint density at radius 2 is 1.72 bits per heavy atom. The van der Waals surface area contributed by atoms with Crippen LogP contribution >= 0.6 is 0 Å². The van der Waals surface area contributed by atoms with Gasteiger partial charge in [0.05, 0.1) is 0 Å². The highest BCUT2D eigenvalue weighted by Gasteiger charge is 2.28. The maximum absolute atomic E-state index is 11.4. The standard InChI is InChI=1S/C9H15NO7S/c1-5(18(2,16)17)8(13)10-6(9(14)15)3-4-7(11)12/h5-6H,3-4H2,1-2H3,(H,10,13)(H,11,12)(H,14,15)/t5?,6-/m0/s1. The molecule has 0 bridgehead atoms. The fraction of sp³-hybridized carbons (Fsp3) is 0.667. The monoisotopic (exact) mass is 281 g/mol. The largest absolute Gasteiger partial charge is 0.481 e. The highest BCUT2D eigenvalue weighted by molar-refractivity contribution is 7.92. The van der Waals surface area contributed by atoms with E-state index in [9.17, 15) is 22.8 Å². The zero-order valence-electron chi connectivity index (χ0n) is 9.91. The Morgan fingerprint density at radius 3 is 2.06 bits per heavy atom. The molecule has 0 aliphatic rings. The van der Waals surface area contributed by atoms with Crippen LogP contribution in [0.1, 0.15) is 19.8 Å². The molecule has 0 aromatic carbocycles. The minimum atomic E-state index is -3.63. The summed E-state index contributed by atoms with van der Waals surface area (Å²) in [6, 6.07) is -1.42. The molecule has 0 saturated heterocycles. The number of amides is 1. The number of carboxylic acids is 2. The van der Waals surface area contributed by atoms with E-state index in [1.54, 1.807) is 0 Å². The predicted octanol–water partition coefficient (Wildman–Crippen LogP) is -1.15. The Balaban J connectivity index is 4.65. The molecule has 1 amide bonds. The average Bonchev–Trinajstić information content (AvgIpc) is 2.20. The van der Waals surface area contributed by atoms with Crippen molar-refractivity contribution in [1.29, 1.82) is 0 Å².